The highest BCUT2D eigenvalue weighted by Gasteiger charge is 2.29. The highest BCUT2D eigenvalue weighted by molar-refractivity contribution is 7.99. The van der Waals surface area contributed by atoms with Gasteiger partial charge in [0.2, 0.25) is 8.32 Å². The van der Waals surface area contributed by atoms with Crippen molar-refractivity contribution in [2.24, 2.45) is 0 Å². The molecule has 0 saturated carbocycles. The molecule has 1 N–H and O–H groups in total. The minimum atomic E-state index is -1.79. The molecule has 0 bridgehead atoms. The van der Waals surface area contributed by atoms with Gasteiger partial charge in [0, 0.05) is 0 Å². The summed E-state index contributed by atoms with van der Waals surface area (Å²) in [6.45, 7) is 15.0. The first kappa shape index (κ1) is 18.2. The molecule has 0 aliphatic heterocycles. The van der Waals surface area contributed by atoms with Gasteiger partial charge in [0.05, 0.1) is 6.04 Å². The van der Waals surface area contributed by atoms with E-state index in [9.17, 15) is 4.79 Å². The fraction of sp³-hybridized carbons (Fsp3) is 0.917. The summed E-state index contributed by atoms with van der Waals surface area (Å²) >= 11 is 1.88. The molecule has 0 saturated heterocycles. The zero-order chi connectivity index (χ0) is 14.4. The minimum Gasteiger partial charge on any atom is -0.519 e. The normalized spacial score (nSPS) is 14.4. The molecule has 0 aromatic carbocycles. The molecule has 0 radical (unpaired) electrons. The highest BCUT2D eigenvalue weighted by Crippen LogP contribution is 2.12. The molecular weight excluding hydrogens is 278 g/mol. The Kier molecular flexibility index (Phi) is 7.81. The van der Waals surface area contributed by atoms with Crippen molar-refractivity contribution in [2.45, 2.75) is 58.7 Å². The van der Waals surface area contributed by atoms with E-state index in [-0.39, 0.29) is 12.0 Å². The second-order valence-corrected chi connectivity index (χ2v) is 17.1. The second-order valence-electron chi connectivity index (χ2n) is 6.47. The Bertz CT molecular complexity index is 262. The summed E-state index contributed by atoms with van der Waals surface area (Å²) in [6.07, 6.45) is 0.867. The van der Waals surface area contributed by atoms with Gasteiger partial charge in [-0.2, -0.15) is 11.8 Å². The monoisotopic (exact) mass is 307 g/mol. The molecule has 1 unspecified atom stereocenters. The van der Waals surface area contributed by atoms with Crippen molar-refractivity contribution >= 4 is 34.3 Å². The van der Waals surface area contributed by atoms with Crippen molar-refractivity contribution in [1.29, 1.82) is 0 Å². The molecule has 0 amide bonds. The lowest BCUT2D eigenvalue weighted by molar-refractivity contribution is -0.137. The highest BCUT2D eigenvalue weighted by atomic mass is 32.2. The molecule has 108 valence electrons. The van der Waals surface area contributed by atoms with E-state index in [4.69, 9.17) is 4.43 Å². The average molecular weight is 308 g/mol. The third-order valence-electron chi connectivity index (χ3n) is 2.05. The number of nitrogens with one attached hydrogen (secondary N) is 1. The van der Waals surface area contributed by atoms with E-state index in [0.717, 1.165) is 17.9 Å². The molecule has 0 aromatic rings. The molecule has 0 heterocycles. The number of hydrogen-bond acceptors (Lipinski definition) is 4. The van der Waals surface area contributed by atoms with Crippen LogP contribution in [0.4, 0.5) is 0 Å². The third-order valence-corrected chi connectivity index (χ3v) is 5.01. The first-order valence-corrected chi connectivity index (χ1v) is 14.7. The molecular formula is C12H29NO2SSi2. The van der Waals surface area contributed by atoms with Gasteiger partial charge < -0.3 is 9.41 Å². The third kappa shape index (κ3) is 10.2. The Labute approximate surface area is 119 Å². The van der Waals surface area contributed by atoms with Gasteiger partial charge in [0.25, 0.3) is 0 Å². The average Bonchev–Trinajstić information content (AvgIpc) is 2.11. The van der Waals surface area contributed by atoms with Crippen molar-refractivity contribution in [2.75, 3.05) is 11.5 Å². The fourth-order valence-corrected chi connectivity index (χ4v) is 4.23. The van der Waals surface area contributed by atoms with Crippen LogP contribution in [0.5, 0.6) is 0 Å². The molecule has 18 heavy (non-hydrogen) atoms. The predicted molar refractivity (Wildman–Crippen MR) is 87.3 cm³/mol. The van der Waals surface area contributed by atoms with Crippen molar-refractivity contribution in [1.82, 2.24) is 4.98 Å². The van der Waals surface area contributed by atoms with E-state index >= 15 is 0 Å². The number of carbonyl (C=O) groups excluding carboxylic acids is 1. The molecule has 0 fully saturated rings. The summed E-state index contributed by atoms with van der Waals surface area (Å²) in [7, 11) is -3.25. The van der Waals surface area contributed by atoms with Crippen LogP contribution >= 0.6 is 11.8 Å². The van der Waals surface area contributed by atoms with Gasteiger partial charge in [-0.15, -0.1) is 0 Å². The SMILES string of the molecule is CCSCCC(N[Si](C)(C)C)C(=O)O[Si](C)(C)C. The summed E-state index contributed by atoms with van der Waals surface area (Å²) in [4.78, 5) is 15.7. The van der Waals surface area contributed by atoms with Crippen molar-refractivity contribution in [3.05, 3.63) is 0 Å². The molecule has 0 rings (SSSR count). The number of thioether (sulfide) groups is 1. The Hall–Kier alpha value is 0.214. The summed E-state index contributed by atoms with van der Waals surface area (Å²) in [6, 6.07) is -0.123. The summed E-state index contributed by atoms with van der Waals surface area (Å²) < 4.78 is 5.63. The fourth-order valence-electron chi connectivity index (χ4n) is 1.49. The Balaban J connectivity index is 4.49. The largest absolute Gasteiger partial charge is 0.519 e. The molecule has 0 aromatic heterocycles. The van der Waals surface area contributed by atoms with Crippen LogP contribution in [-0.4, -0.2) is 40.1 Å². The lowest BCUT2D eigenvalue weighted by Gasteiger charge is -2.28. The van der Waals surface area contributed by atoms with E-state index in [2.05, 4.69) is 51.2 Å². The predicted octanol–water partition coefficient (Wildman–Crippen LogP) is 3.30. The first-order chi connectivity index (χ1) is 8.05. The van der Waals surface area contributed by atoms with Gasteiger partial charge >= 0.3 is 5.97 Å². The van der Waals surface area contributed by atoms with Crippen LogP contribution in [0.2, 0.25) is 39.3 Å². The topological polar surface area (TPSA) is 38.3 Å². The smallest absolute Gasteiger partial charge is 0.309 e. The summed E-state index contributed by atoms with van der Waals surface area (Å²) in [5.41, 5.74) is 0. The van der Waals surface area contributed by atoms with Gasteiger partial charge in [-0.1, -0.05) is 26.6 Å². The maximum atomic E-state index is 12.2. The summed E-state index contributed by atoms with van der Waals surface area (Å²) in [5, 5.41) is 0. The molecule has 1 atom stereocenters. The van der Waals surface area contributed by atoms with Gasteiger partial charge in [-0.25, -0.2) is 0 Å². The van der Waals surface area contributed by atoms with Gasteiger partial charge in [0.15, 0.2) is 0 Å². The van der Waals surface area contributed by atoms with E-state index in [1.54, 1.807) is 0 Å². The second kappa shape index (κ2) is 7.72. The molecule has 6 heteroatoms. The van der Waals surface area contributed by atoms with Gasteiger partial charge in [-0.05, 0) is 37.6 Å². The molecule has 3 nitrogen and oxygen atoms in total. The van der Waals surface area contributed by atoms with Crippen molar-refractivity contribution < 1.29 is 9.22 Å². The van der Waals surface area contributed by atoms with Crippen LogP contribution in [0.25, 0.3) is 0 Å². The summed E-state index contributed by atoms with van der Waals surface area (Å²) in [5.74, 6) is 2.07. The van der Waals surface area contributed by atoms with E-state index < -0.39 is 16.6 Å². The quantitative estimate of drug-likeness (QED) is 0.551. The van der Waals surface area contributed by atoms with Crippen LogP contribution in [0.1, 0.15) is 13.3 Å². The number of hydrogen-bond donors (Lipinski definition) is 1. The van der Waals surface area contributed by atoms with Crippen molar-refractivity contribution in [3.63, 3.8) is 0 Å². The van der Waals surface area contributed by atoms with Crippen LogP contribution in [0.15, 0.2) is 0 Å². The maximum absolute atomic E-state index is 12.2. The number of rotatable bonds is 8. The molecule has 0 aliphatic carbocycles. The van der Waals surface area contributed by atoms with Crippen LogP contribution in [0, 0.1) is 0 Å². The standard InChI is InChI=1S/C12H29NO2SSi2/c1-8-16-10-9-11(13-17(2,3)4)12(14)15-18(5,6)7/h11,13H,8-10H2,1-7H3. The van der Waals surface area contributed by atoms with Gasteiger partial charge in [0.1, 0.15) is 8.24 Å². The van der Waals surface area contributed by atoms with E-state index in [0.29, 0.717) is 0 Å². The molecule has 0 spiro atoms. The van der Waals surface area contributed by atoms with Crippen molar-refractivity contribution in [3.8, 4) is 0 Å². The van der Waals surface area contributed by atoms with Crippen LogP contribution in [0.3, 0.4) is 0 Å². The minimum absolute atomic E-state index is 0.0479. The zero-order valence-corrected chi connectivity index (χ0v) is 15.7. The van der Waals surface area contributed by atoms with Crippen LogP contribution < -0.4 is 4.98 Å². The van der Waals surface area contributed by atoms with Crippen LogP contribution in [-0.2, 0) is 9.22 Å². The Morgan fingerprint density at radius 1 is 1.22 bits per heavy atom. The maximum Gasteiger partial charge on any atom is 0.309 e. The Morgan fingerprint density at radius 2 is 1.78 bits per heavy atom. The lowest BCUT2D eigenvalue weighted by Crippen LogP contribution is -2.53. The van der Waals surface area contributed by atoms with Gasteiger partial charge in [-0.3, -0.25) is 4.79 Å². The Morgan fingerprint density at radius 3 is 2.17 bits per heavy atom. The lowest BCUT2D eigenvalue weighted by atomic mass is 10.2. The van der Waals surface area contributed by atoms with E-state index in [1.807, 2.05) is 11.8 Å². The first-order valence-electron chi connectivity index (χ1n) is 6.63. The zero-order valence-electron chi connectivity index (χ0n) is 12.9. The molecule has 0 aliphatic rings. The number of carbonyl (C=O) groups is 1. The van der Waals surface area contributed by atoms with E-state index in [1.165, 1.54) is 0 Å².